The van der Waals surface area contributed by atoms with Gasteiger partial charge in [0.25, 0.3) is 0 Å². The molecule has 1 nitrogen and oxygen atoms in total. The van der Waals surface area contributed by atoms with Gasteiger partial charge in [0.2, 0.25) is 0 Å². The van der Waals surface area contributed by atoms with Gasteiger partial charge < -0.3 is 0 Å². The summed E-state index contributed by atoms with van der Waals surface area (Å²) in [5, 5.41) is 0. The van der Waals surface area contributed by atoms with Gasteiger partial charge in [0.1, 0.15) is 0 Å². The van der Waals surface area contributed by atoms with Crippen molar-refractivity contribution in [1.29, 1.82) is 0 Å². The van der Waals surface area contributed by atoms with Crippen LogP contribution in [-0.2, 0) is 11.3 Å². The van der Waals surface area contributed by atoms with Crippen LogP contribution in [0, 0.1) is 17.3 Å². The average Bonchev–Trinajstić information content (AvgIpc) is 2.27. The highest BCUT2D eigenvalue weighted by Crippen LogP contribution is 2.19. The minimum absolute atomic E-state index is 0.142. The van der Waals surface area contributed by atoms with Crippen LogP contribution in [0.5, 0.6) is 0 Å². The molecular formula is C14H16OS. The van der Waals surface area contributed by atoms with E-state index in [1.54, 1.807) is 0 Å². The zero-order valence-corrected chi connectivity index (χ0v) is 10.7. The minimum atomic E-state index is -0.142. The third-order valence-electron chi connectivity index (χ3n) is 2.15. The lowest BCUT2D eigenvalue weighted by molar-refractivity contribution is 0.530. The molecular weight excluding hydrogens is 216 g/mol. The van der Waals surface area contributed by atoms with Gasteiger partial charge in [0, 0.05) is 15.8 Å². The molecule has 1 aromatic rings. The highest BCUT2D eigenvalue weighted by molar-refractivity contribution is 7.66. The smallest absolute Gasteiger partial charge is 0.0873 e. The van der Waals surface area contributed by atoms with E-state index >= 15 is 0 Å². The second-order valence-electron chi connectivity index (χ2n) is 4.46. The molecule has 0 spiro atoms. The fraction of sp³-hybridized carbons (Fsp3) is 0.357. The van der Waals surface area contributed by atoms with Crippen molar-refractivity contribution in [2.45, 2.75) is 27.2 Å². The van der Waals surface area contributed by atoms with Crippen molar-refractivity contribution in [2.75, 3.05) is 0 Å². The Hall–Kier alpha value is -1.33. The summed E-state index contributed by atoms with van der Waals surface area (Å²) in [4.78, 5) is 0.882. The van der Waals surface area contributed by atoms with Crippen molar-refractivity contribution in [3.8, 4) is 11.8 Å². The van der Waals surface area contributed by atoms with Crippen molar-refractivity contribution in [1.82, 2.24) is 0 Å². The minimum Gasteiger partial charge on any atom is -0.212 e. The van der Waals surface area contributed by atoms with E-state index in [0.29, 0.717) is 11.3 Å². The van der Waals surface area contributed by atoms with Crippen LogP contribution in [0.3, 0.4) is 0 Å². The largest absolute Gasteiger partial charge is 0.212 e. The van der Waals surface area contributed by atoms with Crippen LogP contribution in [0.25, 0.3) is 0 Å². The molecule has 0 unspecified atom stereocenters. The second-order valence-corrected chi connectivity index (χ2v) is 5.33. The Morgan fingerprint density at radius 3 is 2.50 bits per heavy atom. The van der Waals surface area contributed by atoms with Crippen LogP contribution >= 0.6 is 0 Å². The Morgan fingerprint density at radius 2 is 1.94 bits per heavy atom. The number of hydrogen-bond acceptors (Lipinski definition) is 1. The lowest BCUT2D eigenvalue weighted by Crippen LogP contribution is -2.12. The molecule has 0 bridgehead atoms. The Kier molecular flexibility index (Phi) is 4.52. The van der Waals surface area contributed by atoms with Gasteiger partial charge in [-0.1, -0.05) is 30.0 Å². The Labute approximate surface area is 101 Å². The predicted molar refractivity (Wildman–Crippen MR) is 70.5 cm³/mol. The maximum atomic E-state index is 10.6. The molecule has 0 N–H and O–H groups in total. The van der Waals surface area contributed by atoms with Crippen LogP contribution in [0.15, 0.2) is 30.3 Å². The van der Waals surface area contributed by atoms with E-state index in [-0.39, 0.29) is 5.41 Å². The molecule has 84 valence electrons. The summed E-state index contributed by atoms with van der Waals surface area (Å²) in [6.07, 6.45) is 0.737. The highest BCUT2D eigenvalue weighted by Gasteiger charge is 2.15. The molecule has 0 saturated carbocycles. The summed E-state index contributed by atoms with van der Waals surface area (Å²) >= 11 is 0.572. The van der Waals surface area contributed by atoms with Crippen LogP contribution in [-0.4, -0.2) is 9.07 Å². The van der Waals surface area contributed by atoms with Crippen molar-refractivity contribution < 1.29 is 4.21 Å². The number of rotatable bonds is 2. The molecule has 0 aliphatic carbocycles. The molecule has 0 radical (unpaired) electrons. The van der Waals surface area contributed by atoms with Gasteiger partial charge in [-0.05, 0) is 39.3 Å². The van der Waals surface area contributed by atoms with E-state index in [0.717, 1.165) is 16.8 Å². The van der Waals surface area contributed by atoms with E-state index in [9.17, 15) is 4.21 Å². The summed E-state index contributed by atoms with van der Waals surface area (Å²) in [6.45, 7) is 5.98. The second kappa shape index (κ2) is 5.67. The van der Waals surface area contributed by atoms with Gasteiger partial charge in [-0.2, -0.15) is 0 Å². The van der Waals surface area contributed by atoms with Gasteiger partial charge in [0.05, 0.1) is 11.3 Å². The zero-order chi connectivity index (χ0) is 12.0. The van der Waals surface area contributed by atoms with Crippen molar-refractivity contribution in [2.24, 2.45) is 5.41 Å². The molecule has 16 heavy (non-hydrogen) atoms. The summed E-state index contributed by atoms with van der Waals surface area (Å²) in [5.74, 6) is 6.36. The third-order valence-corrected chi connectivity index (χ3v) is 2.58. The first-order valence-corrected chi connectivity index (χ1v) is 5.98. The number of benzene rings is 1. The Bertz CT molecular complexity index is 457. The lowest BCUT2D eigenvalue weighted by atomic mass is 9.88. The first-order valence-electron chi connectivity index (χ1n) is 5.24. The van der Waals surface area contributed by atoms with Crippen LogP contribution in [0.2, 0.25) is 0 Å². The molecule has 0 aromatic heterocycles. The first-order chi connectivity index (χ1) is 7.53. The fourth-order valence-electron chi connectivity index (χ4n) is 1.46. The van der Waals surface area contributed by atoms with Crippen LogP contribution in [0.4, 0.5) is 0 Å². The van der Waals surface area contributed by atoms with Gasteiger partial charge >= 0.3 is 0 Å². The predicted octanol–water partition coefficient (Wildman–Crippen LogP) is 2.86. The van der Waals surface area contributed by atoms with Gasteiger partial charge in [-0.25, -0.2) is 4.21 Å². The highest BCUT2D eigenvalue weighted by atomic mass is 32.1. The van der Waals surface area contributed by atoms with E-state index in [4.69, 9.17) is 0 Å². The molecule has 0 amide bonds. The SMILES string of the molecule is CC(CC(C)(C)C#Cc1ccccc1)=S=O. The quantitative estimate of drug-likeness (QED) is 0.566. The molecule has 0 heterocycles. The standard InChI is InChI=1S/C14H16OS/c1-12(16-15)11-14(2,3)10-9-13-7-5-4-6-8-13/h4-8H,11H2,1-3H3. The van der Waals surface area contributed by atoms with E-state index in [1.807, 2.05) is 37.3 Å². The molecule has 1 aromatic carbocycles. The summed E-state index contributed by atoms with van der Waals surface area (Å²) in [7, 11) is 0. The normalized spacial score (nSPS) is 10.2. The van der Waals surface area contributed by atoms with E-state index in [1.165, 1.54) is 0 Å². The lowest BCUT2D eigenvalue weighted by Gasteiger charge is -2.15. The topological polar surface area (TPSA) is 17.1 Å². The van der Waals surface area contributed by atoms with Crippen molar-refractivity contribution in [3.05, 3.63) is 35.9 Å². The molecule has 0 fully saturated rings. The average molecular weight is 232 g/mol. The molecule has 0 aliphatic heterocycles. The molecule has 0 saturated heterocycles. The fourth-order valence-corrected chi connectivity index (χ4v) is 1.88. The summed E-state index contributed by atoms with van der Waals surface area (Å²) in [5.41, 5.74) is 0.875. The molecule has 1 rings (SSSR count). The van der Waals surface area contributed by atoms with Crippen molar-refractivity contribution in [3.63, 3.8) is 0 Å². The first kappa shape index (κ1) is 12.7. The third kappa shape index (κ3) is 4.46. The van der Waals surface area contributed by atoms with Gasteiger partial charge in [-0.15, -0.1) is 0 Å². The van der Waals surface area contributed by atoms with E-state index < -0.39 is 0 Å². The molecule has 0 aliphatic rings. The Balaban J connectivity index is 2.81. The summed E-state index contributed by atoms with van der Waals surface area (Å²) in [6, 6.07) is 9.90. The van der Waals surface area contributed by atoms with Gasteiger partial charge in [0.15, 0.2) is 0 Å². The molecule has 0 atom stereocenters. The maximum absolute atomic E-state index is 10.6. The van der Waals surface area contributed by atoms with Gasteiger partial charge in [-0.3, -0.25) is 0 Å². The zero-order valence-electron chi connectivity index (χ0n) is 9.91. The monoisotopic (exact) mass is 232 g/mol. The van der Waals surface area contributed by atoms with Crippen LogP contribution in [0.1, 0.15) is 32.8 Å². The van der Waals surface area contributed by atoms with E-state index in [2.05, 4.69) is 25.7 Å². The number of hydrogen-bond donors (Lipinski definition) is 0. The van der Waals surface area contributed by atoms with Crippen LogP contribution < -0.4 is 0 Å². The maximum Gasteiger partial charge on any atom is 0.0873 e. The molecule has 2 heteroatoms. The Morgan fingerprint density at radius 1 is 1.31 bits per heavy atom. The summed E-state index contributed by atoms with van der Waals surface area (Å²) < 4.78 is 10.6. The van der Waals surface area contributed by atoms with Crippen molar-refractivity contribution >= 4 is 16.1 Å².